The number of fused-ring (bicyclic) bond motifs is 1. The van der Waals surface area contributed by atoms with Crippen LogP contribution in [0.2, 0.25) is 0 Å². The maximum absolute atomic E-state index is 13.3. The Hall–Kier alpha value is -2.93. The topological polar surface area (TPSA) is 81.1 Å². The third-order valence-electron chi connectivity index (χ3n) is 5.87. The summed E-state index contributed by atoms with van der Waals surface area (Å²) in [6, 6.07) is 12.7. The van der Waals surface area contributed by atoms with Crippen molar-refractivity contribution in [2.75, 3.05) is 4.72 Å². The molecule has 3 aromatic rings. The Labute approximate surface area is 183 Å². The first-order chi connectivity index (χ1) is 14.8. The molecule has 1 aliphatic rings. The van der Waals surface area contributed by atoms with Gasteiger partial charge >= 0.3 is 0 Å². The van der Waals surface area contributed by atoms with Crippen LogP contribution < -0.4 is 10.3 Å². The van der Waals surface area contributed by atoms with Crippen molar-refractivity contribution in [1.82, 2.24) is 9.78 Å². The van der Waals surface area contributed by atoms with Gasteiger partial charge in [-0.15, -0.1) is 0 Å². The van der Waals surface area contributed by atoms with Crippen molar-refractivity contribution < 1.29 is 8.42 Å². The van der Waals surface area contributed by atoms with E-state index in [-0.39, 0.29) is 10.5 Å². The zero-order valence-electron chi connectivity index (χ0n) is 18.1. The largest absolute Gasteiger partial charge is 0.280 e. The Bertz CT molecular complexity index is 1290. The van der Waals surface area contributed by atoms with Crippen molar-refractivity contribution in [3.8, 4) is 11.3 Å². The highest BCUT2D eigenvalue weighted by atomic mass is 32.2. The summed E-state index contributed by atoms with van der Waals surface area (Å²) in [7, 11) is -2.13. The second-order valence-corrected chi connectivity index (χ2v) is 9.74. The summed E-state index contributed by atoms with van der Waals surface area (Å²) >= 11 is 0. The van der Waals surface area contributed by atoms with Gasteiger partial charge < -0.3 is 0 Å². The first kappa shape index (κ1) is 21.3. The van der Waals surface area contributed by atoms with E-state index in [4.69, 9.17) is 0 Å². The number of sulfonamides is 1. The van der Waals surface area contributed by atoms with Gasteiger partial charge in [-0.2, -0.15) is 5.10 Å². The Morgan fingerprint density at radius 3 is 2.39 bits per heavy atom. The van der Waals surface area contributed by atoms with Gasteiger partial charge in [0.05, 0.1) is 10.6 Å². The lowest BCUT2D eigenvalue weighted by atomic mass is 9.89. The van der Waals surface area contributed by atoms with Gasteiger partial charge in [-0.25, -0.2) is 13.1 Å². The molecule has 0 amide bonds. The van der Waals surface area contributed by atoms with Crippen LogP contribution in [0.4, 0.5) is 5.69 Å². The SMILES string of the molecule is CCc1ccc(-c2nn(C)c(=O)c3c2CCCC3)cc1S(=O)(=O)Nc1ccc(C)cc1. The first-order valence-electron chi connectivity index (χ1n) is 10.6. The molecular formula is C24H27N3O3S. The van der Waals surface area contributed by atoms with Gasteiger partial charge in [0.2, 0.25) is 0 Å². The molecule has 1 heterocycles. The fraction of sp³-hybridized carbons (Fsp3) is 0.333. The van der Waals surface area contributed by atoms with Crippen LogP contribution in [-0.2, 0) is 36.3 Å². The molecule has 0 spiro atoms. The number of aryl methyl sites for hydroxylation is 3. The third kappa shape index (κ3) is 4.14. The van der Waals surface area contributed by atoms with Crippen LogP contribution in [0.15, 0.2) is 52.2 Å². The summed E-state index contributed by atoms with van der Waals surface area (Å²) in [5, 5.41) is 4.52. The molecule has 0 saturated heterocycles. The number of nitrogens with one attached hydrogen (secondary N) is 1. The molecule has 2 aromatic carbocycles. The fourth-order valence-corrected chi connectivity index (χ4v) is 5.56. The molecule has 0 fully saturated rings. The second kappa shape index (κ2) is 8.30. The van der Waals surface area contributed by atoms with E-state index in [9.17, 15) is 13.2 Å². The molecule has 0 aliphatic heterocycles. The minimum Gasteiger partial charge on any atom is -0.280 e. The summed E-state index contributed by atoms with van der Waals surface area (Å²) in [5.74, 6) is 0. The number of aromatic nitrogens is 2. The zero-order valence-corrected chi connectivity index (χ0v) is 18.9. The summed E-state index contributed by atoms with van der Waals surface area (Å²) < 4.78 is 30.6. The molecule has 0 unspecified atom stereocenters. The molecule has 0 atom stereocenters. The van der Waals surface area contributed by atoms with Crippen LogP contribution in [0.3, 0.4) is 0 Å². The third-order valence-corrected chi connectivity index (χ3v) is 7.33. The van der Waals surface area contributed by atoms with E-state index in [1.165, 1.54) is 4.68 Å². The molecular weight excluding hydrogens is 410 g/mol. The molecule has 1 N–H and O–H groups in total. The molecule has 31 heavy (non-hydrogen) atoms. The van der Waals surface area contributed by atoms with E-state index in [0.29, 0.717) is 17.8 Å². The minimum atomic E-state index is -3.79. The van der Waals surface area contributed by atoms with Gasteiger partial charge in [-0.3, -0.25) is 9.52 Å². The average molecular weight is 438 g/mol. The molecule has 162 valence electrons. The highest BCUT2D eigenvalue weighted by Crippen LogP contribution is 2.31. The van der Waals surface area contributed by atoms with Crippen molar-refractivity contribution in [3.05, 3.63) is 75.1 Å². The smallest absolute Gasteiger partial charge is 0.269 e. The van der Waals surface area contributed by atoms with Gasteiger partial charge in [0.25, 0.3) is 15.6 Å². The summed E-state index contributed by atoms with van der Waals surface area (Å²) in [6.45, 7) is 3.89. The van der Waals surface area contributed by atoms with Gasteiger partial charge in [-0.05, 0) is 68.4 Å². The first-order valence-corrected chi connectivity index (χ1v) is 12.1. The van der Waals surface area contributed by atoms with Crippen LogP contribution in [0.25, 0.3) is 11.3 Å². The quantitative estimate of drug-likeness (QED) is 0.654. The van der Waals surface area contributed by atoms with Crippen molar-refractivity contribution in [3.63, 3.8) is 0 Å². The minimum absolute atomic E-state index is 0.0579. The van der Waals surface area contributed by atoms with Crippen LogP contribution in [0.5, 0.6) is 0 Å². The molecule has 6 nitrogen and oxygen atoms in total. The lowest BCUT2D eigenvalue weighted by molar-refractivity contribution is 0.600. The van der Waals surface area contributed by atoms with E-state index < -0.39 is 10.0 Å². The molecule has 0 bridgehead atoms. The van der Waals surface area contributed by atoms with Gasteiger partial charge in [0.15, 0.2) is 0 Å². The van der Waals surface area contributed by atoms with E-state index in [0.717, 1.165) is 53.5 Å². The van der Waals surface area contributed by atoms with Crippen LogP contribution in [0.1, 0.15) is 42.0 Å². The van der Waals surface area contributed by atoms with Crippen molar-refractivity contribution in [2.24, 2.45) is 7.05 Å². The van der Waals surface area contributed by atoms with Crippen LogP contribution in [0, 0.1) is 6.92 Å². The highest BCUT2D eigenvalue weighted by molar-refractivity contribution is 7.92. The molecule has 1 aliphatic carbocycles. The fourth-order valence-electron chi connectivity index (χ4n) is 4.16. The van der Waals surface area contributed by atoms with Crippen molar-refractivity contribution >= 4 is 15.7 Å². The van der Waals surface area contributed by atoms with Crippen LogP contribution in [-0.4, -0.2) is 18.2 Å². The number of rotatable bonds is 5. The summed E-state index contributed by atoms with van der Waals surface area (Å²) in [6.07, 6.45) is 4.10. The lowest BCUT2D eigenvalue weighted by Crippen LogP contribution is -2.28. The Morgan fingerprint density at radius 1 is 1.03 bits per heavy atom. The highest BCUT2D eigenvalue weighted by Gasteiger charge is 2.23. The monoisotopic (exact) mass is 437 g/mol. The van der Waals surface area contributed by atoms with Gasteiger partial charge in [0, 0.05) is 23.9 Å². The predicted molar refractivity (Wildman–Crippen MR) is 123 cm³/mol. The van der Waals surface area contributed by atoms with E-state index in [1.807, 2.05) is 38.1 Å². The number of nitrogens with zero attached hydrogens (tertiary/aromatic N) is 2. The Balaban J connectivity index is 1.83. The van der Waals surface area contributed by atoms with Crippen molar-refractivity contribution in [2.45, 2.75) is 50.8 Å². The predicted octanol–water partition coefficient (Wildman–Crippen LogP) is 4.00. The van der Waals surface area contributed by atoms with E-state index in [1.54, 1.807) is 25.2 Å². The van der Waals surface area contributed by atoms with Gasteiger partial charge in [0.1, 0.15) is 0 Å². The van der Waals surface area contributed by atoms with Crippen LogP contribution >= 0.6 is 0 Å². The maximum Gasteiger partial charge on any atom is 0.269 e. The number of hydrogen-bond acceptors (Lipinski definition) is 4. The molecule has 4 rings (SSSR count). The summed E-state index contributed by atoms with van der Waals surface area (Å²) in [4.78, 5) is 12.8. The summed E-state index contributed by atoms with van der Waals surface area (Å²) in [5.41, 5.74) is 5.44. The van der Waals surface area contributed by atoms with Gasteiger partial charge in [-0.1, -0.05) is 36.8 Å². The Kier molecular flexibility index (Phi) is 5.71. The van der Waals surface area contributed by atoms with E-state index >= 15 is 0 Å². The van der Waals surface area contributed by atoms with E-state index in [2.05, 4.69) is 9.82 Å². The van der Waals surface area contributed by atoms with Crippen molar-refractivity contribution in [1.29, 1.82) is 0 Å². The molecule has 0 saturated carbocycles. The lowest BCUT2D eigenvalue weighted by Gasteiger charge is -2.20. The average Bonchev–Trinajstić information content (AvgIpc) is 2.77. The molecule has 7 heteroatoms. The number of hydrogen-bond donors (Lipinski definition) is 1. The standard InChI is InChI=1S/C24H27N3O3S/c1-4-17-11-12-18(23-20-7-5-6-8-21(20)24(28)27(3)25-23)15-22(17)31(29,30)26-19-13-9-16(2)10-14-19/h9-15,26H,4-8H2,1-3H3. The second-order valence-electron chi connectivity index (χ2n) is 8.09. The molecule has 1 aromatic heterocycles. The zero-order chi connectivity index (χ0) is 22.2. The maximum atomic E-state index is 13.3. The molecule has 0 radical (unpaired) electrons. The normalized spacial score (nSPS) is 13.6. The number of anilines is 1. The number of benzene rings is 2. The Morgan fingerprint density at radius 2 is 1.71 bits per heavy atom.